The van der Waals surface area contributed by atoms with Crippen LogP contribution in [0.3, 0.4) is 0 Å². The zero-order valence-corrected chi connectivity index (χ0v) is 14.4. The number of phenolic OH excluding ortho intramolecular Hbond substituents is 1. The summed E-state index contributed by atoms with van der Waals surface area (Å²) in [6.45, 7) is 5.54. The number of aromatic amines is 1. The van der Waals surface area contributed by atoms with Crippen LogP contribution in [-0.2, 0) is 6.42 Å². The molecular weight excluding hydrogens is 318 g/mol. The van der Waals surface area contributed by atoms with Crippen LogP contribution in [0.25, 0.3) is 11.2 Å². The lowest BCUT2D eigenvalue weighted by molar-refractivity contribution is 0.101. The molecule has 0 aliphatic carbocycles. The fourth-order valence-corrected chi connectivity index (χ4v) is 2.07. The van der Waals surface area contributed by atoms with Gasteiger partial charge in [0, 0.05) is 5.56 Å². The highest BCUT2D eigenvalue weighted by atomic mass is 16.3. The largest absolute Gasteiger partial charge is 0.508 e. The van der Waals surface area contributed by atoms with Crippen LogP contribution in [0.5, 0.6) is 5.75 Å². The first-order chi connectivity index (χ1) is 11.9. The molecule has 3 aromatic rings. The highest BCUT2D eigenvalue weighted by molar-refractivity contribution is 5.94. The molecule has 1 aromatic carbocycles. The third-order valence-electron chi connectivity index (χ3n) is 3.47. The van der Waals surface area contributed by atoms with Gasteiger partial charge < -0.3 is 15.8 Å². The van der Waals surface area contributed by atoms with Crippen molar-refractivity contribution in [2.24, 2.45) is 0 Å². The van der Waals surface area contributed by atoms with Crippen LogP contribution in [0.4, 0.5) is 5.82 Å². The molecule has 0 atom stereocenters. The second-order valence-corrected chi connectivity index (χ2v) is 5.75. The monoisotopic (exact) mass is 339 g/mol. The number of hydrogen-bond acceptors (Lipinski definition) is 6. The Morgan fingerprint density at radius 1 is 1.24 bits per heavy atom. The fraction of sp³-hybridized carbons (Fsp3) is 0.222. The Morgan fingerprint density at radius 2 is 2.00 bits per heavy atom. The fourth-order valence-electron chi connectivity index (χ4n) is 2.07. The van der Waals surface area contributed by atoms with Crippen molar-refractivity contribution in [1.29, 1.82) is 0 Å². The quantitative estimate of drug-likeness (QED) is 0.498. The van der Waals surface area contributed by atoms with Crippen molar-refractivity contribution in [2.75, 3.05) is 5.73 Å². The first-order valence-electron chi connectivity index (χ1n) is 7.74. The number of fused-ring (bicyclic) bond motifs is 1. The highest BCUT2D eigenvalue weighted by Crippen LogP contribution is 2.20. The number of carbonyl (C=O) groups excluding carboxylic acids is 1. The number of nitrogens with two attached hydrogens (primary N) is 1. The molecule has 0 aliphatic heterocycles. The SMILES string of the molecule is CC(=O)c1ccc(O)c(CC=C(C)C)c1.Nc1ncnc2nc[nH]c12. The van der Waals surface area contributed by atoms with Crippen LogP contribution in [-0.4, -0.2) is 30.8 Å². The van der Waals surface area contributed by atoms with Crippen LogP contribution in [0.2, 0.25) is 0 Å². The number of phenols is 1. The lowest BCUT2D eigenvalue weighted by atomic mass is 10.0. The van der Waals surface area contributed by atoms with E-state index in [1.54, 1.807) is 18.2 Å². The van der Waals surface area contributed by atoms with Gasteiger partial charge in [-0.25, -0.2) is 15.0 Å². The number of carbonyl (C=O) groups is 1. The van der Waals surface area contributed by atoms with E-state index in [2.05, 4.69) is 19.9 Å². The van der Waals surface area contributed by atoms with E-state index in [9.17, 15) is 9.90 Å². The molecule has 4 N–H and O–H groups in total. The van der Waals surface area contributed by atoms with Gasteiger partial charge in [-0.3, -0.25) is 4.79 Å². The van der Waals surface area contributed by atoms with E-state index in [1.807, 2.05) is 19.9 Å². The van der Waals surface area contributed by atoms with Crippen molar-refractivity contribution in [2.45, 2.75) is 27.2 Å². The molecule has 0 saturated heterocycles. The van der Waals surface area contributed by atoms with Crippen molar-refractivity contribution in [3.05, 3.63) is 53.6 Å². The van der Waals surface area contributed by atoms with Crippen molar-refractivity contribution >= 4 is 22.8 Å². The molecule has 0 aliphatic rings. The number of Topliss-reactive ketones (excluding diaryl/α,β-unsaturated/α-hetero) is 1. The van der Waals surface area contributed by atoms with Gasteiger partial charge in [-0.1, -0.05) is 11.6 Å². The molecule has 0 amide bonds. The molecule has 3 rings (SSSR count). The molecular formula is C18H21N5O2. The minimum Gasteiger partial charge on any atom is -0.508 e. The number of benzene rings is 1. The summed E-state index contributed by atoms with van der Waals surface area (Å²) in [4.78, 5) is 25.5. The van der Waals surface area contributed by atoms with Crippen LogP contribution in [0, 0.1) is 0 Å². The molecule has 2 aromatic heterocycles. The van der Waals surface area contributed by atoms with E-state index < -0.39 is 0 Å². The van der Waals surface area contributed by atoms with Crippen molar-refractivity contribution < 1.29 is 9.90 Å². The molecule has 2 heterocycles. The lowest BCUT2D eigenvalue weighted by Gasteiger charge is -2.04. The number of ketones is 1. The topological polar surface area (TPSA) is 118 Å². The predicted molar refractivity (Wildman–Crippen MR) is 97.3 cm³/mol. The number of H-pyrrole nitrogens is 1. The second-order valence-electron chi connectivity index (χ2n) is 5.75. The lowest BCUT2D eigenvalue weighted by Crippen LogP contribution is -1.94. The van der Waals surface area contributed by atoms with Gasteiger partial charge in [-0.05, 0) is 51.0 Å². The van der Waals surface area contributed by atoms with Gasteiger partial charge >= 0.3 is 0 Å². The normalized spacial score (nSPS) is 10.0. The molecule has 0 spiro atoms. The Balaban J connectivity index is 0.000000194. The summed E-state index contributed by atoms with van der Waals surface area (Å²) in [6.07, 6.45) is 5.61. The molecule has 0 fully saturated rings. The number of aromatic nitrogens is 4. The van der Waals surface area contributed by atoms with Gasteiger partial charge in [0.05, 0.1) is 6.33 Å². The number of imidazole rings is 1. The maximum Gasteiger partial charge on any atom is 0.182 e. The molecule has 0 bridgehead atoms. The average molecular weight is 339 g/mol. The molecule has 7 heteroatoms. The van der Waals surface area contributed by atoms with Gasteiger partial charge in [-0.15, -0.1) is 0 Å². The summed E-state index contributed by atoms with van der Waals surface area (Å²) in [6, 6.07) is 4.96. The summed E-state index contributed by atoms with van der Waals surface area (Å²) in [5.41, 5.74) is 9.41. The van der Waals surface area contributed by atoms with E-state index in [-0.39, 0.29) is 11.5 Å². The Hall–Kier alpha value is -3.22. The van der Waals surface area contributed by atoms with Crippen LogP contribution in [0.15, 0.2) is 42.5 Å². The predicted octanol–water partition coefficient (Wildman–Crippen LogP) is 3.04. The molecule has 7 nitrogen and oxygen atoms in total. The third-order valence-corrected chi connectivity index (χ3v) is 3.47. The van der Waals surface area contributed by atoms with Crippen LogP contribution >= 0.6 is 0 Å². The van der Waals surface area contributed by atoms with E-state index >= 15 is 0 Å². The summed E-state index contributed by atoms with van der Waals surface area (Å²) in [7, 11) is 0. The standard InChI is InChI=1S/C13H16O2.C5H5N5/c1-9(2)4-5-12-8-11(10(3)14)6-7-13(12)15;6-4-3-5(9-1-7-3)10-2-8-4/h4,6-8,15H,5H2,1-3H3;1-2H,(H3,6,7,8,9,10). The zero-order valence-electron chi connectivity index (χ0n) is 14.4. The molecule has 130 valence electrons. The molecule has 0 saturated carbocycles. The Morgan fingerprint density at radius 3 is 2.64 bits per heavy atom. The smallest absolute Gasteiger partial charge is 0.182 e. The maximum atomic E-state index is 11.1. The molecule has 0 unspecified atom stereocenters. The highest BCUT2D eigenvalue weighted by Gasteiger charge is 2.04. The average Bonchev–Trinajstić information content (AvgIpc) is 3.04. The van der Waals surface area contributed by atoms with Crippen molar-refractivity contribution in [1.82, 2.24) is 19.9 Å². The number of nitrogens with one attached hydrogen (secondary N) is 1. The van der Waals surface area contributed by atoms with E-state index in [0.717, 1.165) is 5.56 Å². The summed E-state index contributed by atoms with van der Waals surface area (Å²) in [5, 5.41) is 9.59. The maximum absolute atomic E-state index is 11.1. The van der Waals surface area contributed by atoms with Crippen LogP contribution in [0.1, 0.15) is 36.7 Å². The second kappa shape index (κ2) is 8.05. The van der Waals surface area contributed by atoms with Gasteiger partial charge in [0.15, 0.2) is 17.2 Å². The number of nitrogens with zero attached hydrogens (tertiary/aromatic N) is 3. The van der Waals surface area contributed by atoms with Crippen LogP contribution < -0.4 is 5.73 Å². The number of allylic oxidation sites excluding steroid dienone is 2. The van der Waals surface area contributed by atoms with Gasteiger partial charge in [0.1, 0.15) is 17.6 Å². The Labute approximate surface area is 145 Å². The van der Waals surface area contributed by atoms with Gasteiger partial charge in [0.25, 0.3) is 0 Å². The minimum atomic E-state index is 0.0217. The third kappa shape index (κ3) is 4.87. The molecule has 25 heavy (non-hydrogen) atoms. The van der Waals surface area contributed by atoms with Crippen molar-refractivity contribution in [3.63, 3.8) is 0 Å². The number of hydrogen-bond donors (Lipinski definition) is 3. The number of aromatic hydroxyl groups is 1. The first-order valence-corrected chi connectivity index (χ1v) is 7.74. The van der Waals surface area contributed by atoms with Crippen molar-refractivity contribution in [3.8, 4) is 5.75 Å². The Kier molecular flexibility index (Phi) is 5.84. The van der Waals surface area contributed by atoms with E-state index in [0.29, 0.717) is 29.0 Å². The summed E-state index contributed by atoms with van der Waals surface area (Å²) >= 11 is 0. The number of anilines is 1. The van der Waals surface area contributed by atoms with E-state index in [1.165, 1.54) is 25.2 Å². The first kappa shape index (κ1) is 18.1. The number of rotatable bonds is 3. The summed E-state index contributed by atoms with van der Waals surface area (Å²) in [5.74, 6) is 0.702. The van der Waals surface area contributed by atoms with E-state index in [4.69, 9.17) is 5.73 Å². The number of nitrogen functional groups attached to an aromatic ring is 1. The van der Waals surface area contributed by atoms with Gasteiger partial charge in [-0.2, -0.15) is 0 Å². The zero-order chi connectivity index (χ0) is 18.4. The minimum absolute atomic E-state index is 0.0217. The molecule has 0 radical (unpaired) electrons. The Bertz CT molecular complexity index is 911. The summed E-state index contributed by atoms with van der Waals surface area (Å²) < 4.78 is 0. The van der Waals surface area contributed by atoms with Gasteiger partial charge in [0.2, 0.25) is 0 Å².